The van der Waals surface area contributed by atoms with Gasteiger partial charge in [-0.15, -0.1) is 0 Å². The molecule has 1 amide bonds. The van der Waals surface area contributed by atoms with E-state index in [2.05, 4.69) is 0 Å². The first-order valence-corrected chi connectivity index (χ1v) is 8.98. The van der Waals surface area contributed by atoms with Crippen molar-refractivity contribution in [1.82, 2.24) is 9.80 Å². The van der Waals surface area contributed by atoms with Crippen molar-refractivity contribution in [1.29, 1.82) is 0 Å². The van der Waals surface area contributed by atoms with E-state index in [1.54, 1.807) is 18.1 Å². The Morgan fingerprint density at radius 1 is 1.25 bits per heavy atom. The molecule has 3 rings (SSSR count). The van der Waals surface area contributed by atoms with E-state index in [0.717, 1.165) is 11.3 Å². The Morgan fingerprint density at radius 3 is 2.82 bits per heavy atom. The predicted octanol–water partition coefficient (Wildman–Crippen LogP) is 2.65. The third-order valence-electron chi connectivity index (χ3n) is 4.59. The van der Waals surface area contributed by atoms with Gasteiger partial charge in [-0.3, -0.25) is 0 Å². The van der Waals surface area contributed by atoms with Crippen LogP contribution >= 0.6 is 0 Å². The molecule has 0 saturated heterocycles. The van der Waals surface area contributed by atoms with E-state index in [0.29, 0.717) is 24.2 Å². The summed E-state index contributed by atoms with van der Waals surface area (Å²) in [5.74, 6) is 0.931. The number of benzene rings is 1. The molecule has 2 aliphatic heterocycles. The minimum absolute atomic E-state index is 0.122. The van der Waals surface area contributed by atoms with E-state index in [1.807, 2.05) is 44.4 Å². The summed E-state index contributed by atoms with van der Waals surface area (Å²) < 4.78 is 20.8. The molecule has 1 atom stereocenters. The zero-order valence-electron chi connectivity index (χ0n) is 16.2. The summed E-state index contributed by atoms with van der Waals surface area (Å²) >= 11 is 0. The number of nitrogens with zero attached hydrogens (tertiary/aromatic N) is 2. The fourth-order valence-corrected chi connectivity index (χ4v) is 2.88. The van der Waals surface area contributed by atoms with Gasteiger partial charge in [-0.1, -0.05) is 12.1 Å². The molecule has 0 saturated carbocycles. The maximum absolute atomic E-state index is 12.2. The summed E-state index contributed by atoms with van der Waals surface area (Å²) in [6.07, 6.45) is 5.94. The number of likely N-dealkylation sites (N-methyl/N-ethyl adjacent to an activating group) is 1. The van der Waals surface area contributed by atoms with Crippen LogP contribution in [0.25, 0.3) is 0 Å². The lowest BCUT2D eigenvalue weighted by atomic mass is 10.1. The van der Waals surface area contributed by atoms with Crippen molar-refractivity contribution < 1.29 is 28.5 Å². The number of hydrogen-bond donors (Lipinski definition) is 0. The number of allylic oxidation sites excluding steroid dienone is 1. The number of rotatable bonds is 6. The molecule has 1 aromatic carbocycles. The van der Waals surface area contributed by atoms with Gasteiger partial charge in [0.15, 0.2) is 11.5 Å². The Morgan fingerprint density at radius 2 is 2.04 bits per heavy atom. The Hall–Kier alpha value is -3.16. The van der Waals surface area contributed by atoms with Crippen LogP contribution in [0.5, 0.6) is 11.5 Å². The summed E-state index contributed by atoms with van der Waals surface area (Å²) in [4.78, 5) is 27.4. The van der Waals surface area contributed by atoms with Crippen LogP contribution in [0.1, 0.15) is 18.9 Å². The Labute approximate surface area is 163 Å². The largest absolute Gasteiger partial charge is 0.454 e. The van der Waals surface area contributed by atoms with E-state index in [4.69, 9.17) is 18.9 Å². The minimum Gasteiger partial charge on any atom is -0.454 e. The molecule has 8 heteroatoms. The standard InChI is InChI=1S/C20H24N2O6/c1-14(9-15-6-7-17-18(10-15)26-12-25-17)22(3)20(24)28-13-27-19(23)16-5-4-8-21(2)11-16/h4,6-8,10-11,14H,5,9,12-13H2,1-3H3. The highest BCUT2D eigenvalue weighted by atomic mass is 16.7. The molecule has 150 valence electrons. The molecule has 0 aliphatic carbocycles. The van der Waals surface area contributed by atoms with Gasteiger partial charge in [0.2, 0.25) is 13.6 Å². The third-order valence-corrected chi connectivity index (χ3v) is 4.59. The van der Waals surface area contributed by atoms with E-state index in [-0.39, 0.29) is 12.8 Å². The fraction of sp³-hybridized carbons (Fsp3) is 0.400. The van der Waals surface area contributed by atoms with Gasteiger partial charge < -0.3 is 28.7 Å². The van der Waals surface area contributed by atoms with Gasteiger partial charge in [-0.05, 0) is 37.2 Å². The van der Waals surface area contributed by atoms with Crippen LogP contribution in [0.4, 0.5) is 4.79 Å². The van der Waals surface area contributed by atoms with Crippen LogP contribution in [0.3, 0.4) is 0 Å². The van der Waals surface area contributed by atoms with Crippen LogP contribution in [-0.4, -0.2) is 55.6 Å². The number of carbonyl (C=O) groups excluding carboxylic acids is 2. The second-order valence-electron chi connectivity index (χ2n) is 6.72. The SMILES string of the molecule is CC(Cc1ccc2c(c1)OCO2)N(C)C(=O)OCOC(=O)C1=CN(C)C=CC1. The van der Waals surface area contributed by atoms with Gasteiger partial charge in [-0.2, -0.15) is 0 Å². The van der Waals surface area contributed by atoms with Crippen LogP contribution in [-0.2, 0) is 20.7 Å². The van der Waals surface area contributed by atoms with Gasteiger partial charge >= 0.3 is 12.1 Å². The lowest BCUT2D eigenvalue weighted by Crippen LogP contribution is -2.37. The first kappa shape index (κ1) is 19.6. The van der Waals surface area contributed by atoms with E-state index in [9.17, 15) is 9.59 Å². The van der Waals surface area contributed by atoms with E-state index in [1.165, 1.54) is 4.90 Å². The molecule has 0 fully saturated rings. The van der Waals surface area contributed by atoms with Crippen LogP contribution in [0, 0.1) is 0 Å². The summed E-state index contributed by atoms with van der Waals surface area (Å²) in [5.41, 5.74) is 1.52. The number of hydrogen-bond acceptors (Lipinski definition) is 7. The van der Waals surface area contributed by atoms with Crippen LogP contribution < -0.4 is 9.47 Å². The molecular weight excluding hydrogens is 364 g/mol. The molecule has 8 nitrogen and oxygen atoms in total. The first-order valence-electron chi connectivity index (χ1n) is 8.98. The summed E-state index contributed by atoms with van der Waals surface area (Å²) in [5, 5.41) is 0. The molecular formula is C20H24N2O6. The highest BCUT2D eigenvalue weighted by Gasteiger charge is 2.20. The Kier molecular flexibility index (Phi) is 6.08. The number of carbonyl (C=O) groups is 2. The highest BCUT2D eigenvalue weighted by Crippen LogP contribution is 2.32. The van der Waals surface area contributed by atoms with Crippen molar-refractivity contribution in [3.63, 3.8) is 0 Å². The molecule has 1 unspecified atom stereocenters. The quantitative estimate of drug-likeness (QED) is 0.548. The molecule has 0 radical (unpaired) electrons. The number of fused-ring (bicyclic) bond motifs is 1. The van der Waals surface area contributed by atoms with E-state index < -0.39 is 18.9 Å². The normalized spacial score (nSPS) is 15.7. The topological polar surface area (TPSA) is 77.5 Å². The second kappa shape index (κ2) is 8.69. The number of esters is 1. The summed E-state index contributed by atoms with van der Waals surface area (Å²) in [6.45, 7) is 1.71. The maximum atomic E-state index is 12.2. The average Bonchev–Trinajstić information content (AvgIpc) is 3.15. The molecule has 0 aromatic heterocycles. The van der Waals surface area contributed by atoms with Crippen molar-refractivity contribution in [2.24, 2.45) is 0 Å². The molecule has 0 bridgehead atoms. The predicted molar refractivity (Wildman–Crippen MR) is 101 cm³/mol. The van der Waals surface area contributed by atoms with Gasteiger partial charge in [0.25, 0.3) is 0 Å². The Balaban J connectivity index is 1.44. The lowest BCUT2D eigenvalue weighted by Gasteiger charge is -2.24. The fourth-order valence-electron chi connectivity index (χ4n) is 2.88. The smallest absolute Gasteiger partial charge is 0.412 e. The average molecular weight is 388 g/mol. The van der Waals surface area contributed by atoms with Gasteiger partial charge in [-0.25, -0.2) is 9.59 Å². The number of amides is 1. The van der Waals surface area contributed by atoms with Crippen molar-refractivity contribution in [3.05, 3.63) is 47.8 Å². The number of ether oxygens (including phenoxy) is 4. The van der Waals surface area contributed by atoms with Crippen molar-refractivity contribution in [2.75, 3.05) is 27.7 Å². The molecule has 28 heavy (non-hydrogen) atoms. The third kappa shape index (κ3) is 4.76. The zero-order chi connectivity index (χ0) is 20.1. The van der Waals surface area contributed by atoms with Gasteiger partial charge in [0.05, 0.1) is 5.57 Å². The highest BCUT2D eigenvalue weighted by molar-refractivity contribution is 5.88. The van der Waals surface area contributed by atoms with Crippen molar-refractivity contribution in [2.45, 2.75) is 25.8 Å². The molecule has 0 N–H and O–H groups in total. The second-order valence-corrected chi connectivity index (χ2v) is 6.72. The zero-order valence-corrected chi connectivity index (χ0v) is 16.2. The van der Waals surface area contributed by atoms with E-state index >= 15 is 0 Å². The van der Waals surface area contributed by atoms with Crippen LogP contribution in [0.15, 0.2) is 42.2 Å². The van der Waals surface area contributed by atoms with Gasteiger partial charge in [0, 0.05) is 32.8 Å². The first-order chi connectivity index (χ1) is 13.4. The monoisotopic (exact) mass is 388 g/mol. The van der Waals surface area contributed by atoms with Crippen LogP contribution in [0.2, 0.25) is 0 Å². The molecule has 2 heterocycles. The van der Waals surface area contributed by atoms with Crippen molar-refractivity contribution in [3.8, 4) is 11.5 Å². The molecule has 2 aliphatic rings. The maximum Gasteiger partial charge on any atom is 0.412 e. The molecule has 1 aromatic rings. The summed E-state index contributed by atoms with van der Waals surface area (Å²) in [7, 11) is 3.46. The summed E-state index contributed by atoms with van der Waals surface area (Å²) in [6, 6.07) is 5.58. The van der Waals surface area contributed by atoms with Crippen molar-refractivity contribution >= 4 is 12.1 Å². The lowest BCUT2D eigenvalue weighted by molar-refractivity contribution is -0.147. The molecule has 0 spiro atoms. The minimum atomic E-state index is -0.560. The Bertz CT molecular complexity index is 804. The van der Waals surface area contributed by atoms with Gasteiger partial charge in [0.1, 0.15) is 0 Å².